The van der Waals surface area contributed by atoms with Crippen LogP contribution in [0.4, 0.5) is 5.69 Å². The lowest BCUT2D eigenvalue weighted by atomic mass is 10.0. The standard InChI is InChI=1S/C20H22Cl2N2O2/c1-5-24(4)12-23-18-8-14(3)16(10-17(18)22)19(25)11-26-20-9-15(21)7-6-13(20)2/h6-10,12H,5,11H2,1-4H3. The van der Waals surface area contributed by atoms with Crippen LogP contribution < -0.4 is 4.74 Å². The topological polar surface area (TPSA) is 41.9 Å². The van der Waals surface area contributed by atoms with Crippen molar-refractivity contribution >= 4 is 41.0 Å². The number of ketones is 1. The average Bonchev–Trinajstić information content (AvgIpc) is 2.62. The highest BCUT2D eigenvalue weighted by atomic mass is 35.5. The molecule has 0 amide bonds. The third-order valence-corrected chi connectivity index (χ3v) is 4.53. The zero-order valence-electron chi connectivity index (χ0n) is 15.3. The molecular formula is C20H22Cl2N2O2. The van der Waals surface area contributed by atoms with Gasteiger partial charge in [-0.1, -0.05) is 29.3 Å². The van der Waals surface area contributed by atoms with Gasteiger partial charge in [0.05, 0.1) is 17.0 Å². The van der Waals surface area contributed by atoms with Crippen LogP contribution in [0.1, 0.15) is 28.4 Å². The van der Waals surface area contributed by atoms with Crippen molar-refractivity contribution in [1.29, 1.82) is 0 Å². The van der Waals surface area contributed by atoms with Crippen molar-refractivity contribution in [2.75, 3.05) is 20.2 Å². The number of hydrogen-bond donors (Lipinski definition) is 0. The second kappa shape index (κ2) is 9.06. The molecule has 0 atom stereocenters. The Balaban J connectivity index is 2.15. The molecule has 4 nitrogen and oxygen atoms in total. The van der Waals surface area contributed by atoms with E-state index >= 15 is 0 Å². The van der Waals surface area contributed by atoms with Gasteiger partial charge in [-0.2, -0.15) is 0 Å². The molecule has 26 heavy (non-hydrogen) atoms. The second-order valence-corrected chi connectivity index (χ2v) is 6.90. The Morgan fingerprint density at radius 2 is 1.92 bits per heavy atom. The van der Waals surface area contributed by atoms with Crippen molar-refractivity contribution in [2.45, 2.75) is 20.8 Å². The van der Waals surface area contributed by atoms with Gasteiger partial charge in [0, 0.05) is 24.2 Å². The molecule has 2 rings (SSSR count). The number of carbonyl (C=O) groups excluding carboxylic acids is 1. The van der Waals surface area contributed by atoms with Crippen molar-refractivity contribution < 1.29 is 9.53 Å². The number of benzene rings is 2. The number of aliphatic imine (C=N–C) groups is 1. The van der Waals surface area contributed by atoms with Crippen molar-refractivity contribution in [3.63, 3.8) is 0 Å². The minimum atomic E-state index is -0.148. The van der Waals surface area contributed by atoms with Crippen molar-refractivity contribution in [3.05, 3.63) is 57.1 Å². The maximum Gasteiger partial charge on any atom is 0.200 e. The van der Waals surface area contributed by atoms with Crippen LogP contribution >= 0.6 is 23.2 Å². The van der Waals surface area contributed by atoms with E-state index in [4.69, 9.17) is 27.9 Å². The summed E-state index contributed by atoms with van der Waals surface area (Å²) >= 11 is 12.3. The molecule has 0 heterocycles. The molecule has 0 aliphatic rings. The zero-order valence-corrected chi connectivity index (χ0v) is 16.9. The third-order valence-electron chi connectivity index (χ3n) is 4.00. The van der Waals surface area contributed by atoms with Gasteiger partial charge in [-0.3, -0.25) is 4.79 Å². The number of halogens is 2. The highest BCUT2D eigenvalue weighted by Gasteiger charge is 2.14. The summed E-state index contributed by atoms with van der Waals surface area (Å²) in [6.45, 7) is 6.55. The molecule has 2 aromatic carbocycles. The van der Waals surface area contributed by atoms with Crippen molar-refractivity contribution in [2.24, 2.45) is 4.99 Å². The first-order chi connectivity index (χ1) is 12.3. The molecule has 0 saturated carbocycles. The average molecular weight is 393 g/mol. The Kier molecular flexibility index (Phi) is 7.06. The van der Waals surface area contributed by atoms with Gasteiger partial charge in [0.1, 0.15) is 5.75 Å². The first-order valence-corrected chi connectivity index (χ1v) is 9.04. The van der Waals surface area contributed by atoms with E-state index in [2.05, 4.69) is 4.99 Å². The van der Waals surface area contributed by atoms with Crippen LogP contribution in [0.25, 0.3) is 0 Å². The molecule has 0 saturated heterocycles. The minimum absolute atomic E-state index is 0.0838. The highest BCUT2D eigenvalue weighted by molar-refractivity contribution is 6.33. The Morgan fingerprint density at radius 1 is 1.19 bits per heavy atom. The van der Waals surface area contributed by atoms with Crippen LogP contribution in [0, 0.1) is 13.8 Å². The van der Waals surface area contributed by atoms with E-state index in [-0.39, 0.29) is 12.4 Å². The van der Waals surface area contributed by atoms with E-state index < -0.39 is 0 Å². The Hall–Kier alpha value is -2.04. The summed E-state index contributed by atoms with van der Waals surface area (Å²) in [5.74, 6) is 0.448. The summed E-state index contributed by atoms with van der Waals surface area (Å²) < 4.78 is 5.64. The van der Waals surface area contributed by atoms with Crippen LogP contribution in [0.5, 0.6) is 5.75 Å². The number of ether oxygens (including phenoxy) is 1. The van der Waals surface area contributed by atoms with Crippen LogP contribution in [0.2, 0.25) is 10.0 Å². The van der Waals surface area contributed by atoms with Crippen LogP contribution in [0.15, 0.2) is 35.3 Å². The van der Waals surface area contributed by atoms with Crippen LogP contribution in [-0.4, -0.2) is 37.2 Å². The van der Waals surface area contributed by atoms with Gasteiger partial charge in [-0.05, 0) is 56.2 Å². The molecule has 0 fully saturated rings. The molecule has 6 heteroatoms. The molecule has 0 bridgehead atoms. The predicted octanol–water partition coefficient (Wildman–Crippen LogP) is 5.48. The van der Waals surface area contributed by atoms with E-state index in [1.165, 1.54) is 0 Å². The van der Waals surface area contributed by atoms with E-state index in [9.17, 15) is 4.79 Å². The number of hydrogen-bond acceptors (Lipinski definition) is 3. The normalized spacial score (nSPS) is 11.0. The molecule has 0 radical (unpaired) electrons. The number of nitrogens with zero attached hydrogens (tertiary/aromatic N) is 2. The van der Waals surface area contributed by atoms with Gasteiger partial charge < -0.3 is 9.64 Å². The maximum absolute atomic E-state index is 12.5. The first-order valence-electron chi connectivity index (χ1n) is 8.28. The molecule has 138 valence electrons. The molecule has 0 spiro atoms. The second-order valence-electron chi connectivity index (χ2n) is 6.06. The van der Waals surface area contributed by atoms with Gasteiger partial charge >= 0.3 is 0 Å². The maximum atomic E-state index is 12.5. The lowest BCUT2D eigenvalue weighted by Crippen LogP contribution is -2.14. The number of aryl methyl sites for hydroxylation is 2. The van der Waals surface area contributed by atoms with E-state index in [0.717, 1.165) is 17.7 Å². The largest absolute Gasteiger partial charge is 0.485 e. The Bertz CT molecular complexity index is 835. The number of rotatable bonds is 7. The monoisotopic (exact) mass is 392 g/mol. The van der Waals surface area contributed by atoms with Crippen LogP contribution in [-0.2, 0) is 0 Å². The number of carbonyl (C=O) groups is 1. The third kappa shape index (κ3) is 5.23. The SMILES string of the molecule is CCN(C)C=Nc1cc(C)c(C(=O)COc2cc(Cl)ccc2C)cc1Cl. The van der Waals surface area contributed by atoms with Gasteiger partial charge in [-0.25, -0.2) is 4.99 Å². The fraction of sp³-hybridized carbons (Fsp3) is 0.300. The van der Waals surface area contributed by atoms with E-state index in [1.807, 2.05) is 38.8 Å². The highest BCUT2D eigenvalue weighted by Crippen LogP contribution is 2.29. The molecule has 0 aliphatic heterocycles. The molecule has 2 aromatic rings. The summed E-state index contributed by atoms with van der Waals surface area (Å²) in [6.07, 6.45) is 1.72. The summed E-state index contributed by atoms with van der Waals surface area (Å²) in [4.78, 5) is 18.8. The fourth-order valence-corrected chi connectivity index (χ4v) is 2.63. The van der Waals surface area contributed by atoms with Gasteiger partial charge in [0.15, 0.2) is 6.61 Å². The van der Waals surface area contributed by atoms with Gasteiger partial charge in [-0.15, -0.1) is 0 Å². The first kappa shape index (κ1) is 20.3. The molecule has 0 aliphatic carbocycles. The van der Waals surface area contributed by atoms with Crippen molar-refractivity contribution in [3.8, 4) is 5.75 Å². The lowest BCUT2D eigenvalue weighted by Gasteiger charge is -2.12. The molecular weight excluding hydrogens is 371 g/mol. The lowest BCUT2D eigenvalue weighted by molar-refractivity contribution is 0.0920. The Morgan fingerprint density at radius 3 is 2.62 bits per heavy atom. The summed E-state index contributed by atoms with van der Waals surface area (Å²) in [5.41, 5.74) is 2.88. The van der Waals surface area contributed by atoms with Gasteiger partial charge in [0.2, 0.25) is 5.78 Å². The van der Waals surface area contributed by atoms with Gasteiger partial charge in [0.25, 0.3) is 0 Å². The van der Waals surface area contributed by atoms with E-state index in [0.29, 0.717) is 27.0 Å². The van der Waals surface area contributed by atoms with E-state index in [1.54, 1.807) is 30.6 Å². The van der Waals surface area contributed by atoms with Crippen molar-refractivity contribution in [1.82, 2.24) is 4.90 Å². The zero-order chi connectivity index (χ0) is 19.3. The summed E-state index contributed by atoms with van der Waals surface area (Å²) in [7, 11) is 1.93. The fourth-order valence-electron chi connectivity index (χ4n) is 2.26. The summed E-state index contributed by atoms with van der Waals surface area (Å²) in [5, 5.41) is 0.996. The smallest absolute Gasteiger partial charge is 0.200 e. The summed E-state index contributed by atoms with van der Waals surface area (Å²) in [6, 6.07) is 8.79. The predicted molar refractivity (Wildman–Crippen MR) is 109 cm³/mol. The van der Waals surface area contributed by atoms with Crippen LogP contribution in [0.3, 0.4) is 0 Å². The number of Topliss-reactive ketones (excluding diaryl/α,β-unsaturated/α-hetero) is 1. The molecule has 0 aromatic heterocycles. The Labute approximate surface area is 164 Å². The quantitative estimate of drug-likeness (QED) is 0.355. The molecule has 0 unspecified atom stereocenters. The molecule has 0 N–H and O–H groups in total. The minimum Gasteiger partial charge on any atom is -0.485 e.